The van der Waals surface area contributed by atoms with Crippen molar-refractivity contribution in [2.45, 2.75) is 37.8 Å². The van der Waals surface area contributed by atoms with Crippen LogP contribution in [0.15, 0.2) is 71.6 Å². The number of carbonyl (C=O) groups is 1. The molecule has 3 aromatic rings. The fourth-order valence-corrected chi connectivity index (χ4v) is 6.44. The number of ether oxygens (including phenoxy) is 2. The Labute approximate surface area is 236 Å². The van der Waals surface area contributed by atoms with Gasteiger partial charge < -0.3 is 24.8 Å². The van der Waals surface area contributed by atoms with Gasteiger partial charge in [0.1, 0.15) is 22.5 Å². The average Bonchev–Trinajstić information content (AvgIpc) is 2.95. The van der Waals surface area contributed by atoms with Gasteiger partial charge in [0.2, 0.25) is 10.0 Å². The highest BCUT2D eigenvalue weighted by Gasteiger charge is 2.38. The quantitative estimate of drug-likeness (QED) is 0.432. The lowest BCUT2D eigenvalue weighted by atomic mass is 10.0. The molecule has 3 aromatic carbocycles. The van der Waals surface area contributed by atoms with Crippen molar-refractivity contribution in [3.05, 3.63) is 72.3 Å². The highest BCUT2D eigenvalue weighted by Crippen LogP contribution is 2.36. The minimum Gasteiger partial charge on any atom is -0.497 e. The molecule has 3 atom stereocenters. The predicted molar refractivity (Wildman–Crippen MR) is 155 cm³/mol. The van der Waals surface area contributed by atoms with E-state index in [-0.39, 0.29) is 42.3 Å². The van der Waals surface area contributed by atoms with Crippen LogP contribution in [0.2, 0.25) is 0 Å². The zero-order chi connectivity index (χ0) is 29.0. The summed E-state index contributed by atoms with van der Waals surface area (Å²) in [5.74, 6) is 0.605. The van der Waals surface area contributed by atoms with Gasteiger partial charge in [0.05, 0.1) is 20.3 Å². The van der Waals surface area contributed by atoms with E-state index in [1.165, 1.54) is 9.21 Å². The first kappa shape index (κ1) is 29.4. The van der Waals surface area contributed by atoms with E-state index < -0.39 is 22.2 Å². The molecule has 1 heterocycles. The number of benzene rings is 3. The van der Waals surface area contributed by atoms with Crippen LogP contribution < -0.4 is 14.8 Å². The zero-order valence-corrected chi connectivity index (χ0v) is 24.3. The molecule has 2 amide bonds. The number of hydrogen-bond acceptors (Lipinski definition) is 6. The number of aliphatic hydroxyl groups excluding tert-OH is 1. The number of urea groups is 1. The van der Waals surface area contributed by atoms with E-state index in [1.54, 1.807) is 63.5 Å². The van der Waals surface area contributed by atoms with Gasteiger partial charge >= 0.3 is 6.03 Å². The molecule has 0 bridgehead atoms. The molecule has 4 rings (SSSR count). The number of carbonyl (C=O) groups excluding carboxylic acids is 1. The Hall–Kier alpha value is -3.60. The molecule has 0 fully saturated rings. The topological polar surface area (TPSA) is 108 Å². The van der Waals surface area contributed by atoms with Gasteiger partial charge in [0.25, 0.3) is 0 Å². The van der Waals surface area contributed by atoms with Crippen LogP contribution >= 0.6 is 0 Å². The number of aliphatic hydroxyl groups is 1. The lowest BCUT2D eigenvalue weighted by molar-refractivity contribution is 0.0830. The van der Waals surface area contributed by atoms with E-state index in [0.717, 1.165) is 16.7 Å². The van der Waals surface area contributed by atoms with Crippen LogP contribution in [0.5, 0.6) is 11.5 Å². The molecule has 0 saturated heterocycles. The molecular formula is C30H37N3O6S. The van der Waals surface area contributed by atoms with E-state index in [2.05, 4.69) is 5.32 Å². The summed E-state index contributed by atoms with van der Waals surface area (Å²) in [6.07, 6.45) is -0.525. The van der Waals surface area contributed by atoms with Gasteiger partial charge in [-0.05, 0) is 61.4 Å². The Morgan fingerprint density at radius 1 is 1.12 bits per heavy atom. The van der Waals surface area contributed by atoms with Crippen molar-refractivity contribution in [1.82, 2.24) is 9.21 Å². The molecule has 2 N–H and O–H groups in total. The molecule has 10 heteroatoms. The molecule has 40 heavy (non-hydrogen) atoms. The van der Waals surface area contributed by atoms with Crippen molar-refractivity contribution in [2.24, 2.45) is 5.92 Å². The number of fused-ring (bicyclic) bond motifs is 1. The summed E-state index contributed by atoms with van der Waals surface area (Å²) in [7, 11) is -0.717. The standard InChI is InChI=1S/C30H37N3O6S/c1-20-6-8-23(9-7-20)24-10-15-29-27(16-24)39-28(21(2)17-33(22(3)19-34)40(29,36)37)18-32(4)30(35)31-25-11-13-26(38-5)14-12-25/h6-16,21-22,28,34H,17-19H2,1-5H3,(H,31,35)/t21-,22+,28+/m1/s1. The Morgan fingerprint density at radius 3 is 2.40 bits per heavy atom. The fraction of sp³-hybridized carbons (Fsp3) is 0.367. The van der Waals surface area contributed by atoms with E-state index in [1.807, 2.05) is 38.1 Å². The SMILES string of the molecule is COc1ccc(NC(=O)N(C)C[C@@H]2Oc3cc(-c4ccc(C)cc4)ccc3S(=O)(=O)N([C@@H](C)CO)C[C@H]2C)cc1. The smallest absolute Gasteiger partial charge is 0.321 e. The average molecular weight is 568 g/mol. The number of methoxy groups -OCH3 is 1. The van der Waals surface area contributed by atoms with E-state index in [4.69, 9.17) is 9.47 Å². The first-order valence-corrected chi connectivity index (χ1v) is 14.6. The minimum absolute atomic E-state index is 0.0332. The highest BCUT2D eigenvalue weighted by atomic mass is 32.2. The lowest BCUT2D eigenvalue weighted by Gasteiger charge is -2.37. The number of rotatable bonds is 7. The maximum absolute atomic E-state index is 13.8. The number of aryl methyl sites for hydroxylation is 1. The van der Waals surface area contributed by atoms with Crippen molar-refractivity contribution in [1.29, 1.82) is 0 Å². The number of sulfonamides is 1. The summed E-state index contributed by atoms with van der Waals surface area (Å²) in [5.41, 5.74) is 3.48. The van der Waals surface area contributed by atoms with Crippen LogP contribution in [-0.2, 0) is 10.0 Å². The monoisotopic (exact) mass is 567 g/mol. The Morgan fingerprint density at radius 2 is 1.77 bits per heavy atom. The van der Waals surface area contributed by atoms with Crippen LogP contribution in [-0.4, -0.2) is 74.8 Å². The number of amides is 2. The van der Waals surface area contributed by atoms with Crippen LogP contribution in [0.1, 0.15) is 19.4 Å². The van der Waals surface area contributed by atoms with Crippen molar-refractivity contribution < 1.29 is 27.8 Å². The second-order valence-electron chi connectivity index (χ2n) is 10.3. The number of hydrogen-bond donors (Lipinski definition) is 2. The second kappa shape index (κ2) is 12.3. The van der Waals surface area contributed by atoms with Gasteiger partial charge in [-0.15, -0.1) is 0 Å². The Balaban J connectivity index is 1.66. The molecule has 0 aromatic heterocycles. The minimum atomic E-state index is -3.96. The summed E-state index contributed by atoms with van der Waals surface area (Å²) < 4.78 is 40.4. The van der Waals surface area contributed by atoms with E-state index in [9.17, 15) is 18.3 Å². The Bertz CT molecular complexity index is 1430. The third kappa shape index (κ3) is 6.41. The van der Waals surface area contributed by atoms with Gasteiger partial charge in [0.15, 0.2) is 0 Å². The molecule has 0 saturated carbocycles. The summed E-state index contributed by atoms with van der Waals surface area (Å²) in [6, 6.07) is 19.1. The summed E-state index contributed by atoms with van der Waals surface area (Å²) >= 11 is 0. The van der Waals surface area contributed by atoms with Gasteiger partial charge in [-0.3, -0.25) is 0 Å². The van der Waals surface area contributed by atoms with Crippen molar-refractivity contribution in [3.63, 3.8) is 0 Å². The molecule has 0 spiro atoms. The van der Waals surface area contributed by atoms with E-state index in [0.29, 0.717) is 11.4 Å². The molecule has 0 radical (unpaired) electrons. The number of likely N-dealkylation sites (N-methyl/N-ethyl adjacent to an activating group) is 1. The van der Waals surface area contributed by atoms with Crippen LogP contribution in [0.25, 0.3) is 11.1 Å². The van der Waals surface area contributed by atoms with Crippen LogP contribution in [0, 0.1) is 12.8 Å². The molecule has 214 valence electrons. The molecule has 1 aliphatic rings. The fourth-order valence-electron chi connectivity index (χ4n) is 4.62. The Kier molecular flexibility index (Phi) is 9.02. The van der Waals surface area contributed by atoms with Crippen LogP contribution in [0.3, 0.4) is 0 Å². The maximum atomic E-state index is 13.8. The van der Waals surface area contributed by atoms with Crippen LogP contribution in [0.4, 0.5) is 10.5 Å². The first-order chi connectivity index (χ1) is 19.0. The van der Waals surface area contributed by atoms with Gasteiger partial charge in [-0.2, -0.15) is 4.31 Å². The van der Waals surface area contributed by atoms with Crippen molar-refractivity contribution >= 4 is 21.7 Å². The summed E-state index contributed by atoms with van der Waals surface area (Å²) in [5, 5.41) is 12.7. The number of anilines is 1. The van der Waals surface area contributed by atoms with Gasteiger partial charge in [0, 0.05) is 31.2 Å². The predicted octanol–water partition coefficient (Wildman–Crippen LogP) is 4.60. The molecule has 1 aliphatic heterocycles. The third-order valence-corrected chi connectivity index (χ3v) is 9.21. The number of nitrogens with zero attached hydrogens (tertiary/aromatic N) is 2. The van der Waals surface area contributed by atoms with Gasteiger partial charge in [-0.1, -0.05) is 42.8 Å². The van der Waals surface area contributed by atoms with E-state index >= 15 is 0 Å². The normalized spacial score (nSPS) is 19.4. The zero-order valence-electron chi connectivity index (χ0n) is 23.5. The molecular weight excluding hydrogens is 530 g/mol. The summed E-state index contributed by atoms with van der Waals surface area (Å²) in [4.78, 5) is 14.6. The lowest BCUT2D eigenvalue weighted by Crippen LogP contribution is -2.50. The third-order valence-electron chi connectivity index (χ3n) is 7.19. The van der Waals surface area contributed by atoms with Crippen molar-refractivity contribution in [3.8, 4) is 22.6 Å². The number of nitrogens with one attached hydrogen (secondary N) is 1. The molecule has 0 aliphatic carbocycles. The largest absolute Gasteiger partial charge is 0.497 e. The van der Waals surface area contributed by atoms with Crippen molar-refractivity contribution in [2.75, 3.05) is 39.2 Å². The molecule has 0 unspecified atom stereocenters. The highest BCUT2D eigenvalue weighted by molar-refractivity contribution is 7.89. The second-order valence-corrected chi connectivity index (χ2v) is 12.2. The maximum Gasteiger partial charge on any atom is 0.321 e. The first-order valence-electron chi connectivity index (χ1n) is 13.2. The summed E-state index contributed by atoms with van der Waals surface area (Å²) in [6.45, 7) is 5.58. The van der Waals surface area contributed by atoms with Gasteiger partial charge in [-0.25, -0.2) is 13.2 Å². The molecule has 9 nitrogen and oxygen atoms in total.